The molecule has 0 radical (unpaired) electrons. The van der Waals surface area contributed by atoms with Gasteiger partial charge in [-0.25, -0.2) is 4.98 Å². The van der Waals surface area contributed by atoms with Gasteiger partial charge in [0.05, 0.1) is 10.7 Å². The second-order valence-corrected chi connectivity index (χ2v) is 6.25. The van der Waals surface area contributed by atoms with Crippen LogP contribution in [-0.4, -0.2) is 18.1 Å². The molecular formula is C15H18N2S. The van der Waals surface area contributed by atoms with Crippen molar-refractivity contribution < 1.29 is 0 Å². The Bertz CT molecular complexity index is 553. The summed E-state index contributed by atoms with van der Waals surface area (Å²) in [5, 5.41) is 4.72. The summed E-state index contributed by atoms with van der Waals surface area (Å²) in [5.74, 6) is 0.618. The molecule has 1 aromatic carbocycles. The minimum atomic E-state index is 0.618. The second-order valence-electron chi connectivity index (χ2n) is 5.02. The van der Waals surface area contributed by atoms with E-state index in [1.54, 1.807) is 0 Å². The lowest BCUT2D eigenvalue weighted by atomic mass is 10.1. The summed E-state index contributed by atoms with van der Waals surface area (Å²) in [6.45, 7) is 6.53. The average Bonchev–Trinajstić information content (AvgIpc) is 2.97. The summed E-state index contributed by atoms with van der Waals surface area (Å²) < 4.78 is 0. The maximum absolute atomic E-state index is 4.88. The Kier molecular flexibility index (Phi) is 3.18. The summed E-state index contributed by atoms with van der Waals surface area (Å²) >= 11 is 1.86. The van der Waals surface area contributed by atoms with Crippen molar-refractivity contribution in [2.45, 2.75) is 26.2 Å². The molecule has 1 saturated heterocycles. The number of hydrogen-bond acceptors (Lipinski definition) is 3. The number of benzene rings is 1. The van der Waals surface area contributed by atoms with E-state index in [4.69, 9.17) is 4.98 Å². The van der Waals surface area contributed by atoms with Crippen molar-refractivity contribution >= 4 is 11.3 Å². The molecule has 0 aliphatic carbocycles. The van der Waals surface area contributed by atoms with Crippen LogP contribution in [0.25, 0.3) is 11.3 Å². The van der Waals surface area contributed by atoms with Crippen LogP contribution in [0.4, 0.5) is 0 Å². The van der Waals surface area contributed by atoms with E-state index in [1.807, 2.05) is 11.3 Å². The molecule has 0 amide bonds. The summed E-state index contributed by atoms with van der Waals surface area (Å²) in [7, 11) is 0. The van der Waals surface area contributed by atoms with E-state index in [1.165, 1.54) is 33.1 Å². The highest BCUT2D eigenvalue weighted by molar-refractivity contribution is 7.12. The maximum atomic E-state index is 4.88. The smallest absolute Gasteiger partial charge is 0.0979 e. The first-order valence-corrected chi connectivity index (χ1v) is 7.31. The van der Waals surface area contributed by atoms with Gasteiger partial charge in [0, 0.05) is 22.9 Å². The van der Waals surface area contributed by atoms with Crippen LogP contribution in [0.15, 0.2) is 24.3 Å². The summed E-state index contributed by atoms with van der Waals surface area (Å²) in [6.07, 6.45) is 1.22. The molecule has 2 aromatic rings. The van der Waals surface area contributed by atoms with Crippen LogP contribution in [0, 0.1) is 13.8 Å². The Labute approximate surface area is 112 Å². The molecule has 2 heterocycles. The van der Waals surface area contributed by atoms with Crippen molar-refractivity contribution in [2.24, 2.45) is 0 Å². The molecule has 1 fully saturated rings. The van der Waals surface area contributed by atoms with Crippen molar-refractivity contribution in [3.8, 4) is 11.3 Å². The Balaban J connectivity index is 1.97. The number of aryl methyl sites for hydroxylation is 2. The Morgan fingerprint density at radius 2 is 2.22 bits per heavy atom. The third kappa shape index (κ3) is 2.20. The molecule has 1 aliphatic rings. The fourth-order valence-electron chi connectivity index (χ4n) is 2.52. The maximum Gasteiger partial charge on any atom is 0.0979 e. The van der Waals surface area contributed by atoms with Gasteiger partial charge >= 0.3 is 0 Å². The first-order chi connectivity index (χ1) is 8.74. The molecule has 3 rings (SSSR count). The molecule has 1 atom stereocenters. The van der Waals surface area contributed by atoms with Gasteiger partial charge in [-0.15, -0.1) is 11.3 Å². The van der Waals surface area contributed by atoms with Crippen LogP contribution in [0.2, 0.25) is 0 Å². The van der Waals surface area contributed by atoms with Crippen LogP contribution >= 0.6 is 11.3 Å². The van der Waals surface area contributed by atoms with Gasteiger partial charge < -0.3 is 5.32 Å². The predicted octanol–water partition coefficient (Wildman–Crippen LogP) is 3.50. The van der Waals surface area contributed by atoms with Gasteiger partial charge in [-0.3, -0.25) is 0 Å². The van der Waals surface area contributed by atoms with Crippen molar-refractivity contribution in [1.29, 1.82) is 0 Å². The lowest BCUT2D eigenvalue weighted by Gasteiger charge is -2.02. The average molecular weight is 258 g/mol. The zero-order valence-electron chi connectivity index (χ0n) is 10.9. The first-order valence-electron chi connectivity index (χ1n) is 6.49. The van der Waals surface area contributed by atoms with Gasteiger partial charge in [0.15, 0.2) is 0 Å². The van der Waals surface area contributed by atoms with E-state index in [0.29, 0.717) is 5.92 Å². The topological polar surface area (TPSA) is 24.9 Å². The van der Waals surface area contributed by atoms with Crippen LogP contribution in [-0.2, 0) is 0 Å². The highest BCUT2D eigenvalue weighted by atomic mass is 32.1. The fourth-order valence-corrected chi connectivity index (χ4v) is 3.60. The van der Waals surface area contributed by atoms with Crippen molar-refractivity contribution in [1.82, 2.24) is 10.3 Å². The number of nitrogens with zero attached hydrogens (tertiary/aromatic N) is 1. The number of aromatic nitrogens is 1. The van der Waals surface area contributed by atoms with Gasteiger partial charge in [0.25, 0.3) is 0 Å². The highest BCUT2D eigenvalue weighted by Crippen LogP contribution is 2.33. The van der Waals surface area contributed by atoms with Gasteiger partial charge in [-0.1, -0.05) is 23.8 Å². The van der Waals surface area contributed by atoms with Crippen LogP contribution < -0.4 is 5.32 Å². The second kappa shape index (κ2) is 4.82. The quantitative estimate of drug-likeness (QED) is 0.891. The molecule has 3 heteroatoms. The standard InChI is InChI=1S/C15H18N2S/c1-10-4-3-5-12(8-10)14-11(2)18-15(17-14)13-6-7-16-9-13/h3-5,8,13,16H,6-7,9H2,1-2H3. The molecule has 1 unspecified atom stereocenters. The van der Waals surface area contributed by atoms with E-state index in [2.05, 4.69) is 43.4 Å². The van der Waals surface area contributed by atoms with E-state index < -0.39 is 0 Å². The number of rotatable bonds is 2. The van der Waals surface area contributed by atoms with E-state index in [0.717, 1.165) is 13.1 Å². The van der Waals surface area contributed by atoms with Gasteiger partial charge in [-0.05, 0) is 32.9 Å². The minimum Gasteiger partial charge on any atom is -0.316 e. The highest BCUT2D eigenvalue weighted by Gasteiger charge is 2.21. The van der Waals surface area contributed by atoms with E-state index in [9.17, 15) is 0 Å². The number of thiazole rings is 1. The lowest BCUT2D eigenvalue weighted by molar-refractivity contribution is 0.756. The first kappa shape index (κ1) is 11.9. The third-order valence-electron chi connectivity index (χ3n) is 3.51. The van der Waals surface area contributed by atoms with E-state index >= 15 is 0 Å². The molecule has 2 nitrogen and oxygen atoms in total. The van der Waals surface area contributed by atoms with Gasteiger partial charge in [0.2, 0.25) is 0 Å². The molecule has 1 aromatic heterocycles. The Morgan fingerprint density at radius 3 is 2.94 bits per heavy atom. The normalized spacial score (nSPS) is 19.3. The van der Waals surface area contributed by atoms with Crippen molar-refractivity contribution in [3.05, 3.63) is 39.7 Å². The third-order valence-corrected chi connectivity index (χ3v) is 4.65. The zero-order valence-corrected chi connectivity index (χ0v) is 11.7. The van der Waals surface area contributed by atoms with Crippen molar-refractivity contribution in [3.63, 3.8) is 0 Å². The monoisotopic (exact) mass is 258 g/mol. The summed E-state index contributed by atoms with van der Waals surface area (Å²) in [4.78, 5) is 6.22. The van der Waals surface area contributed by atoms with Crippen LogP contribution in [0.3, 0.4) is 0 Å². The minimum absolute atomic E-state index is 0.618. The molecule has 0 bridgehead atoms. The zero-order chi connectivity index (χ0) is 12.5. The SMILES string of the molecule is Cc1cccc(-c2nc(C3CCNC3)sc2C)c1. The molecular weight excluding hydrogens is 240 g/mol. The molecule has 1 aliphatic heterocycles. The van der Waals surface area contributed by atoms with Crippen molar-refractivity contribution in [2.75, 3.05) is 13.1 Å². The van der Waals surface area contributed by atoms with Crippen LogP contribution in [0.1, 0.15) is 27.8 Å². The molecule has 94 valence electrons. The molecule has 1 N–H and O–H groups in total. The molecule has 18 heavy (non-hydrogen) atoms. The van der Waals surface area contributed by atoms with Gasteiger partial charge in [0.1, 0.15) is 0 Å². The molecule has 0 saturated carbocycles. The van der Waals surface area contributed by atoms with Crippen LogP contribution in [0.5, 0.6) is 0 Å². The number of hydrogen-bond donors (Lipinski definition) is 1. The predicted molar refractivity (Wildman–Crippen MR) is 77.3 cm³/mol. The largest absolute Gasteiger partial charge is 0.316 e. The summed E-state index contributed by atoms with van der Waals surface area (Å²) in [5.41, 5.74) is 3.72. The van der Waals surface area contributed by atoms with Gasteiger partial charge in [-0.2, -0.15) is 0 Å². The molecule has 0 spiro atoms. The lowest BCUT2D eigenvalue weighted by Crippen LogP contribution is -2.07. The number of nitrogens with one attached hydrogen (secondary N) is 1. The summed E-state index contributed by atoms with van der Waals surface area (Å²) in [6, 6.07) is 8.62. The Morgan fingerprint density at radius 1 is 1.33 bits per heavy atom. The fraction of sp³-hybridized carbons (Fsp3) is 0.400. The Hall–Kier alpha value is -1.19. The van der Waals surface area contributed by atoms with E-state index in [-0.39, 0.29) is 0 Å².